The third-order valence-electron chi connectivity index (χ3n) is 5.37. The van der Waals surface area contributed by atoms with E-state index < -0.39 is 10.0 Å². The summed E-state index contributed by atoms with van der Waals surface area (Å²) in [6, 6.07) is 7.52. The van der Waals surface area contributed by atoms with E-state index in [0.29, 0.717) is 25.3 Å². The lowest BCUT2D eigenvalue weighted by molar-refractivity contribution is 0.0980. The van der Waals surface area contributed by atoms with Crippen LogP contribution in [0.1, 0.15) is 47.8 Å². The number of aryl methyl sites for hydroxylation is 3. The standard InChI is InChI=1S/C21H29N3O3S/c1-5-24(19-13-16(2)9-10-17(19)3)21(25)20-14-18(15-22(20)4)28(26,27)23-11-7-6-8-12-23/h9-10,13-15H,5-8,11-12H2,1-4H3. The Kier molecular flexibility index (Phi) is 5.95. The van der Waals surface area contributed by atoms with E-state index in [9.17, 15) is 13.2 Å². The zero-order valence-corrected chi connectivity index (χ0v) is 17.9. The quantitative estimate of drug-likeness (QED) is 0.768. The molecule has 2 heterocycles. The minimum Gasteiger partial charge on any atom is -0.345 e. The number of aromatic nitrogens is 1. The second-order valence-corrected chi connectivity index (χ2v) is 9.41. The lowest BCUT2D eigenvalue weighted by Gasteiger charge is -2.25. The molecule has 1 aromatic heterocycles. The molecule has 1 fully saturated rings. The minimum atomic E-state index is -3.57. The number of piperidine rings is 1. The summed E-state index contributed by atoms with van der Waals surface area (Å²) in [5.41, 5.74) is 3.32. The van der Waals surface area contributed by atoms with Crippen molar-refractivity contribution in [3.63, 3.8) is 0 Å². The summed E-state index contributed by atoms with van der Waals surface area (Å²) in [5, 5.41) is 0. The highest BCUT2D eigenvalue weighted by molar-refractivity contribution is 7.89. The van der Waals surface area contributed by atoms with E-state index >= 15 is 0 Å². The van der Waals surface area contributed by atoms with E-state index in [-0.39, 0.29) is 10.8 Å². The van der Waals surface area contributed by atoms with Gasteiger partial charge in [-0.2, -0.15) is 4.31 Å². The predicted octanol–water partition coefficient (Wildman–Crippen LogP) is 3.48. The van der Waals surface area contributed by atoms with E-state index in [1.54, 1.807) is 22.7 Å². The summed E-state index contributed by atoms with van der Waals surface area (Å²) >= 11 is 0. The molecule has 1 amide bonds. The van der Waals surface area contributed by atoms with Crippen molar-refractivity contribution < 1.29 is 13.2 Å². The van der Waals surface area contributed by atoms with Gasteiger partial charge in [0.05, 0.1) is 0 Å². The van der Waals surface area contributed by atoms with Crippen molar-refractivity contribution in [2.75, 3.05) is 24.5 Å². The molecule has 1 saturated heterocycles. The monoisotopic (exact) mass is 403 g/mol. The number of carbonyl (C=O) groups is 1. The van der Waals surface area contributed by atoms with Gasteiger partial charge in [0.2, 0.25) is 10.0 Å². The van der Waals surface area contributed by atoms with Crippen molar-refractivity contribution in [2.24, 2.45) is 7.05 Å². The molecule has 0 unspecified atom stereocenters. The Morgan fingerprint density at radius 2 is 1.79 bits per heavy atom. The molecule has 152 valence electrons. The molecule has 3 rings (SSSR count). The van der Waals surface area contributed by atoms with Gasteiger partial charge in [-0.25, -0.2) is 8.42 Å². The average Bonchev–Trinajstić information content (AvgIpc) is 3.08. The Morgan fingerprint density at radius 3 is 2.43 bits per heavy atom. The maximum Gasteiger partial charge on any atom is 0.274 e. The molecule has 28 heavy (non-hydrogen) atoms. The zero-order chi connectivity index (χ0) is 20.5. The van der Waals surface area contributed by atoms with Gasteiger partial charge < -0.3 is 9.47 Å². The van der Waals surface area contributed by atoms with E-state index in [2.05, 4.69) is 0 Å². The van der Waals surface area contributed by atoms with Crippen LogP contribution in [0.4, 0.5) is 5.69 Å². The first-order chi connectivity index (χ1) is 13.3. The molecule has 1 aromatic carbocycles. The first kappa shape index (κ1) is 20.6. The van der Waals surface area contributed by atoms with Crippen LogP contribution in [0.3, 0.4) is 0 Å². The largest absolute Gasteiger partial charge is 0.345 e. The molecular formula is C21H29N3O3S. The highest BCUT2D eigenvalue weighted by Crippen LogP contribution is 2.26. The molecular weight excluding hydrogens is 374 g/mol. The molecule has 0 radical (unpaired) electrons. The Bertz CT molecular complexity index is 973. The highest BCUT2D eigenvalue weighted by Gasteiger charge is 2.29. The van der Waals surface area contributed by atoms with Crippen molar-refractivity contribution in [1.82, 2.24) is 8.87 Å². The zero-order valence-electron chi connectivity index (χ0n) is 17.1. The fourth-order valence-electron chi connectivity index (χ4n) is 3.71. The van der Waals surface area contributed by atoms with Gasteiger partial charge >= 0.3 is 0 Å². The smallest absolute Gasteiger partial charge is 0.274 e. The maximum atomic E-state index is 13.3. The molecule has 7 heteroatoms. The van der Waals surface area contributed by atoms with Crippen LogP contribution in [-0.4, -0.2) is 42.8 Å². The van der Waals surface area contributed by atoms with Crippen LogP contribution < -0.4 is 4.90 Å². The second kappa shape index (κ2) is 8.09. The van der Waals surface area contributed by atoms with Crippen molar-refractivity contribution >= 4 is 21.6 Å². The van der Waals surface area contributed by atoms with Crippen molar-refractivity contribution in [2.45, 2.75) is 44.9 Å². The third kappa shape index (κ3) is 3.86. The summed E-state index contributed by atoms with van der Waals surface area (Å²) in [6.07, 6.45) is 4.38. The van der Waals surface area contributed by atoms with Crippen LogP contribution in [0.15, 0.2) is 35.4 Å². The minimum absolute atomic E-state index is 0.192. The van der Waals surface area contributed by atoms with Crippen LogP contribution >= 0.6 is 0 Å². The summed E-state index contributed by atoms with van der Waals surface area (Å²) < 4.78 is 29.1. The van der Waals surface area contributed by atoms with Crippen molar-refractivity contribution in [3.8, 4) is 0 Å². The van der Waals surface area contributed by atoms with Gasteiger partial charge in [0.15, 0.2) is 0 Å². The Morgan fingerprint density at radius 1 is 1.11 bits per heavy atom. The maximum absolute atomic E-state index is 13.3. The number of benzene rings is 1. The van der Waals surface area contributed by atoms with Crippen molar-refractivity contribution in [3.05, 3.63) is 47.3 Å². The summed E-state index contributed by atoms with van der Waals surface area (Å²) in [7, 11) is -1.85. The van der Waals surface area contributed by atoms with Gasteiger partial charge in [-0.3, -0.25) is 4.79 Å². The van der Waals surface area contributed by atoms with Crippen LogP contribution in [0, 0.1) is 13.8 Å². The van der Waals surface area contributed by atoms with Gasteiger partial charge in [-0.15, -0.1) is 0 Å². The molecule has 0 atom stereocenters. The van der Waals surface area contributed by atoms with Crippen LogP contribution in [0.25, 0.3) is 0 Å². The fourth-order valence-corrected chi connectivity index (χ4v) is 5.30. The van der Waals surface area contributed by atoms with E-state index in [0.717, 1.165) is 36.1 Å². The van der Waals surface area contributed by atoms with Gasteiger partial charge in [0, 0.05) is 38.6 Å². The molecule has 1 aliphatic heterocycles. The molecule has 0 N–H and O–H groups in total. The number of sulfonamides is 1. The number of hydrogen-bond acceptors (Lipinski definition) is 3. The molecule has 0 saturated carbocycles. The lowest BCUT2D eigenvalue weighted by Crippen LogP contribution is -2.35. The van der Waals surface area contributed by atoms with Crippen LogP contribution in [0.2, 0.25) is 0 Å². The van der Waals surface area contributed by atoms with Gasteiger partial charge in [-0.05, 0) is 56.9 Å². The molecule has 0 bridgehead atoms. The number of anilines is 1. The van der Waals surface area contributed by atoms with E-state index in [1.165, 1.54) is 10.4 Å². The Hall–Kier alpha value is -2.12. The topological polar surface area (TPSA) is 62.6 Å². The second-order valence-electron chi connectivity index (χ2n) is 7.48. The lowest BCUT2D eigenvalue weighted by atomic mass is 10.1. The molecule has 6 nitrogen and oxygen atoms in total. The molecule has 1 aliphatic rings. The average molecular weight is 404 g/mol. The van der Waals surface area contributed by atoms with E-state index in [4.69, 9.17) is 0 Å². The predicted molar refractivity (Wildman–Crippen MR) is 111 cm³/mol. The first-order valence-corrected chi connectivity index (χ1v) is 11.3. The molecule has 0 aliphatic carbocycles. The highest BCUT2D eigenvalue weighted by atomic mass is 32.2. The SMILES string of the molecule is CCN(C(=O)c1cc(S(=O)(=O)N2CCCCC2)cn1C)c1cc(C)ccc1C. The molecule has 2 aromatic rings. The van der Waals surface area contributed by atoms with Crippen LogP contribution in [-0.2, 0) is 17.1 Å². The van der Waals surface area contributed by atoms with E-state index in [1.807, 2.05) is 39.0 Å². The van der Waals surface area contributed by atoms with Gasteiger partial charge in [0.1, 0.15) is 10.6 Å². The summed E-state index contributed by atoms with van der Waals surface area (Å²) in [5.74, 6) is -0.196. The molecule has 0 spiro atoms. The normalized spacial score (nSPS) is 15.6. The summed E-state index contributed by atoms with van der Waals surface area (Å²) in [6.45, 7) is 7.49. The number of amides is 1. The first-order valence-electron chi connectivity index (χ1n) is 9.81. The number of hydrogen-bond donors (Lipinski definition) is 0. The van der Waals surface area contributed by atoms with Gasteiger partial charge in [0.25, 0.3) is 5.91 Å². The Labute approximate surface area is 167 Å². The third-order valence-corrected chi connectivity index (χ3v) is 7.23. The van der Waals surface area contributed by atoms with Crippen LogP contribution in [0.5, 0.6) is 0 Å². The van der Waals surface area contributed by atoms with Gasteiger partial charge in [-0.1, -0.05) is 18.6 Å². The number of carbonyl (C=O) groups excluding carboxylic acids is 1. The number of nitrogens with zero attached hydrogens (tertiary/aromatic N) is 3. The Balaban J connectivity index is 1.95. The number of rotatable bonds is 5. The fraction of sp³-hybridized carbons (Fsp3) is 0.476. The van der Waals surface area contributed by atoms with Crippen molar-refractivity contribution in [1.29, 1.82) is 0 Å². The summed E-state index contributed by atoms with van der Waals surface area (Å²) in [4.78, 5) is 15.2.